The van der Waals surface area contributed by atoms with Crippen molar-refractivity contribution in [2.75, 3.05) is 26.2 Å². The molecule has 0 atom stereocenters. The van der Waals surface area contributed by atoms with Gasteiger partial charge in [-0.05, 0) is 37.8 Å². The average molecular weight is 444 g/mol. The van der Waals surface area contributed by atoms with E-state index in [2.05, 4.69) is 15.0 Å². The zero-order valence-electron chi connectivity index (χ0n) is 17.9. The van der Waals surface area contributed by atoms with Gasteiger partial charge in [-0.1, -0.05) is 19.3 Å². The molecule has 2 aromatic rings. The van der Waals surface area contributed by atoms with Gasteiger partial charge in [0.15, 0.2) is 5.82 Å². The number of aryl methyl sites for hydroxylation is 1. The molecule has 0 aromatic carbocycles. The summed E-state index contributed by atoms with van der Waals surface area (Å²) in [5.74, 6) is 1.11. The van der Waals surface area contributed by atoms with E-state index in [0.717, 1.165) is 18.4 Å². The van der Waals surface area contributed by atoms with E-state index in [-0.39, 0.29) is 10.8 Å². The lowest BCUT2D eigenvalue weighted by Crippen LogP contribution is -2.50. The summed E-state index contributed by atoms with van der Waals surface area (Å²) in [5, 5.41) is 0. The molecule has 0 spiro atoms. The third-order valence-electron chi connectivity index (χ3n) is 6.27. The number of hydrogen-bond acceptors (Lipinski definition) is 6. The Hall–Kier alpha value is -2.39. The molecule has 3 heterocycles. The zero-order chi connectivity index (χ0) is 21.8. The van der Waals surface area contributed by atoms with Gasteiger partial charge < -0.3 is 4.90 Å². The molecule has 1 saturated carbocycles. The Morgan fingerprint density at radius 3 is 2.39 bits per heavy atom. The molecule has 1 aliphatic carbocycles. The van der Waals surface area contributed by atoms with Crippen molar-refractivity contribution in [3.8, 4) is 11.4 Å². The molecule has 0 radical (unpaired) electrons. The van der Waals surface area contributed by atoms with E-state index in [9.17, 15) is 13.2 Å². The summed E-state index contributed by atoms with van der Waals surface area (Å²) in [6.07, 6.45) is 11.2. The second kappa shape index (κ2) is 9.40. The van der Waals surface area contributed by atoms with Crippen LogP contribution in [-0.2, 0) is 14.8 Å². The number of sulfonamides is 1. The Bertz CT molecular complexity index is 1010. The molecule has 1 aliphatic heterocycles. The van der Waals surface area contributed by atoms with Gasteiger partial charge in [0.2, 0.25) is 15.9 Å². The number of hydrogen-bond donors (Lipinski definition) is 0. The van der Waals surface area contributed by atoms with Crippen molar-refractivity contribution in [3.63, 3.8) is 0 Å². The van der Waals surface area contributed by atoms with Gasteiger partial charge in [0.25, 0.3) is 0 Å². The molecule has 4 rings (SSSR count). The second-order valence-electron chi connectivity index (χ2n) is 8.37. The van der Waals surface area contributed by atoms with E-state index >= 15 is 0 Å². The first-order valence-electron chi connectivity index (χ1n) is 11.0. The maximum absolute atomic E-state index is 13.2. The van der Waals surface area contributed by atoms with E-state index in [1.54, 1.807) is 31.5 Å². The molecule has 0 unspecified atom stereocenters. The summed E-state index contributed by atoms with van der Waals surface area (Å²) in [6, 6.07) is 3.57. The molecule has 166 valence electrons. The second-order valence-corrected chi connectivity index (χ2v) is 10.3. The lowest BCUT2D eigenvalue weighted by molar-refractivity contribution is -0.133. The fourth-order valence-corrected chi connectivity index (χ4v) is 5.96. The van der Waals surface area contributed by atoms with Crippen LogP contribution in [0.5, 0.6) is 0 Å². The number of piperazine rings is 1. The topological polar surface area (TPSA) is 96.4 Å². The fraction of sp³-hybridized carbons (Fsp3) is 0.545. The van der Waals surface area contributed by atoms with Crippen molar-refractivity contribution in [3.05, 3.63) is 36.4 Å². The molecule has 2 aromatic heterocycles. The summed E-state index contributed by atoms with van der Waals surface area (Å²) >= 11 is 0. The predicted molar refractivity (Wildman–Crippen MR) is 117 cm³/mol. The predicted octanol–water partition coefficient (Wildman–Crippen LogP) is 2.65. The van der Waals surface area contributed by atoms with Crippen molar-refractivity contribution in [1.82, 2.24) is 24.2 Å². The van der Waals surface area contributed by atoms with Crippen LogP contribution < -0.4 is 0 Å². The maximum atomic E-state index is 13.2. The number of aromatic nitrogens is 3. The van der Waals surface area contributed by atoms with Crippen LogP contribution in [0.1, 0.15) is 44.2 Å². The van der Waals surface area contributed by atoms with Crippen molar-refractivity contribution in [2.24, 2.45) is 5.92 Å². The molecule has 2 fully saturated rings. The summed E-state index contributed by atoms with van der Waals surface area (Å²) < 4.78 is 27.8. The molecule has 9 heteroatoms. The van der Waals surface area contributed by atoms with Gasteiger partial charge >= 0.3 is 0 Å². The summed E-state index contributed by atoms with van der Waals surface area (Å²) in [7, 11) is -3.71. The van der Waals surface area contributed by atoms with E-state index < -0.39 is 10.0 Å². The standard InChI is InChI=1S/C22H29N5O3S/c1-17-20(16-24-22(25-17)19-7-9-23-10-8-19)31(29,30)27-13-11-26(12-14-27)21(28)15-18-5-3-2-4-6-18/h7-10,16,18H,2-6,11-15H2,1H3. The van der Waals surface area contributed by atoms with Crippen molar-refractivity contribution >= 4 is 15.9 Å². The number of amides is 1. The van der Waals surface area contributed by atoms with E-state index in [4.69, 9.17) is 0 Å². The Balaban J connectivity index is 1.40. The molecule has 1 saturated heterocycles. The van der Waals surface area contributed by atoms with Crippen LogP contribution in [0, 0.1) is 12.8 Å². The Kier molecular flexibility index (Phi) is 6.62. The SMILES string of the molecule is Cc1nc(-c2ccncc2)ncc1S(=O)(=O)N1CCN(C(=O)CC2CCCCC2)CC1. The van der Waals surface area contributed by atoms with Gasteiger partial charge in [-0.2, -0.15) is 4.31 Å². The van der Waals surface area contributed by atoms with Gasteiger partial charge in [-0.3, -0.25) is 9.78 Å². The first-order valence-corrected chi connectivity index (χ1v) is 12.4. The van der Waals surface area contributed by atoms with Gasteiger partial charge in [0.05, 0.1) is 11.9 Å². The molecular formula is C22H29N5O3S. The van der Waals surface area contributed by atoms with Crippen LogP contribution in [0.2, 0.25) is 0 Å². The highest BCUT2D eigenvalue weighted by Crippen LogP contribution is 2.27. The van der Waals surface area contributed by atoms with E-state index in [1.807, 2.05) is 4.90 Å². The zero-order valence-corrected chi connectivity index (χ0v) is 18.7. The molecule has 8 nitrogen and oxygen atoms in total. The van der Waals surface area contributed by atoms with E-state index in [1.165, 1.54) is 29.8 Å². The Labute approximate surface area is 183 Å². The Morgan fingerprint density at radius 2 is 1.74 bits per heavy atom. The average Bonchev–Trinajstić information content (AvgIpc) is 2.80. The third-order valence-corrected chi connectivity index (χ3v) is 8.27. The summed E-state index contributed by atoms with van der Waals surface area (Å²) in [4.78, 5) is 27.2. The van der Waals surface area contributed by atoms with Crippen LogP contribution in [-0.4, -0.2) is 64.7 Å². The lowest BCUT2D eigenvalue weighted by atomic mass is 9.86. The van der Waals surface area contributed by atoms with Crippen molar-refractivity contribution in [2.45, 2.75) is 50.3 Å². The van der Waals surface area contributed by atoms with Crippen LogP contribution in [0.3, 0.4) is 0 Å². The quantitative estimate of drug-likeness (QED) is 0.705. The van der Waals surface area contributed by atoms with Gasteiger partial charge in [-0.25, -0.2) is 18.4 Å². The number of carbonyl (C=O) groups is 1. The first kappa shape index (κ1) is 21.8. The van der Waals surface area contributed by atoms with Crippen LogP contribution >= 0.6 is 0 Å². The highest BCUT2D eigenvalue weighted by atomic mass is 32.2. The minimum Gasteiger partial charge on any atom is -0.340 e. The minimum absolute atomic E-state index is 0.118. The van der Waals surface area contributed by atoms with Crippen LogP contribution in [0.4, 0.5) is 0 Å². The fourth-order valence-electron chi connectivity index (χ4n) is 4.43. The largest absolute Gasteiger partial charge is 0.340 e. The van der Waals surface area contributed by atoms with Gasteiger partial charge in [0, 0.05) is 50.6 Å². The molecule has 0 N–H and O–H groups in total. The highest BCUT2D eigenvalue weighted by Gasteiger charge is 2.32. The van der Waals surface area contributed by atoms with E-state index in [0.29, 0.717) is 50.0 Å². The normalized spacial score (nSPS) is 18.8. The van der Waals surface area contributed by atoms with Crippen molar-refractivity contribution in [1.29, 1.82) is 0 Å². The molecular weight excluding hydrogens is 414 g/mol. The third kappa shape index (κ3) is 4.93. The number of nitrogens with zero attached hydrogens (tertiary/aromatic N) is 5. The smallest absolute Gasteiger partial charge is 0.246 e. The van der Waals surface area contributed by atoms with Crippen LogP contribution in [0.15, 0.2) is 35.6 Å². The summed E-state index contributed by atoms with van der Waals surface area (Å²) in [6.45, 7) is 3.14. The lowest BCUT2D eigenvalue weighted by Gasteiger charge is -2.35. The van der Waals surface area contributed by atoms with Gasteiger partial charge in [-0.15, -0.1) is 0 Å². The summed E-state index contributed by atoms with van der Waals surface area (Å²) in [5.41, 5.74) is 1.20. The van der Waals surface area contributed by atoms with Crippen LogP contribution in [0.25, 0.3) is 11.4 Å². The molecule has 31 heavy (non-hydrogen) atoms. The number of carbonyl (C=O) groups excluding carboxylic acids is 1. The Morgan fingerprint density at radius 1 is 1.06 bits per heavy atom. The molecule has 0 bridgehead atoms. The maximum Gasteiger partial charge on any atom is 0.246 e. The number of pyridine rings is 1. The van der Waals surface area contributed by atoms with Crippen molar-refractivity contribution < 1.29 is 13.2 Å². The van der Waals surface area contributed by atoms with Gasteiger partial charge in [0.1, 0.15) is 4.90 Å². The molecule has 2 aliphatic rings. The molecule has 1 amide bonds. The first-order chi connectivity index (χ1) is 14.9. The number of rotatable bonds is 5. The highest BCUT2D eigenvalue weighted by molar-refractivity contribution is 7.89. The monoisotopic (exact) mass is 443 g/mol. The minimum atomic E-state index is -3.71.